The number of hydrogen-bond donors (Lipinski definition) is 1. The standard InChI is InChI=1S/C17H26N2/c1-2-16-8-5-10-17(16,13-18)19-11-9-14-6-3-4-7-15(14)12-19/h3-4,6-7,16H,2,5,8-13,18H2,1H3. The Morgan fingerprint density at radius 1 is 1.32 bits per heavy atom. The quantitative estimate of drug-likeness (QED) is 0.903. The summed E-state index contributed by atoms with van der Waals surface area (Å²) in [6, 6.07) is 8.91. The zero-order chi connectivity index (χ0) is 13.3. The maximum atomic E-state index is 6.24. The summed E-state index contributed by atoms with van der Waals surface area (Å²) in [5.74, 6) is 0.794. The molecule has 1 aromatic rings. The molecule has 2 atom stereocenters. The molecule has 19 heavy (non-hydrogen) atoms. The predicted octanol–water partition coefficient (Wildman–Crippen LogP) is 2.95. The topological polar surface area (TPSA) is 29.3 Å². The first kappa shape index (κ1) is 13.1. The third kappa shape index (κ3) is 2.11. The van der Waals surface area contributed by atoms with E-state index >= 15 is 0 Å². The van der Waals surface area contributed by atoms with Gasteiger partial charge in [-0.25, -0.2) is 0 Å². The van der Waals surface area contributed by atoms with Gasteiger partial charge in [-0.05, 0) is 36.3 Å². The Morgan fingerprint density at radius 2 is 2.11 bits per heavy atom. The van der Waals surface area contributed by atoms with E-state index in [0.717, 1.165) is 19.0 Å². The number of rotatable bonds is 3. The van der Waals surface area contributed by atoms with Crippen molar-refractivity contribution in [3.05, 3.63) is 35.4 Å². The summed E-state index contributed by atoms with van der Waals surface area (Å²) in [6.07, 6.45) is 6.48. The van der Waals surface area contributed by atoms with Crippen LogP contribution in [0.25, 0.3) is 0 Å². The highest BCUT2D eigenvalue weighted by molar-refractivity contribution is 5.29. The molecule has 1 aromatic carbocycles. The molecule has 2 nitrogen and oxygen atoms in total. The molecule has 0 aromatic heterocycles. The van der Waals surface area contributed by atoms with E-state index < -0.39 is 0 Å². The number of hydrogen-bond acceptors (Lipinski definition) is 2. The van der Waals surface area contributed by atoms with Crippen molar-refractivity contribution in [2.24, 2.45) is 11.7 Å². The van der Waals surface area contributed by atoms with E-state index in [2.05, 4.69) is 36.1 Å². The Balaban J connectivity index is 1.86. The van der Waals surface area contributed by atoms with Gasteiger partial charge in [0.25, 0.3) is 0 Å². The molecule has 2 aliphatic rings. The molecular weight excluding hydrogens is 232 g/mol. The molecule has 0 radical (unpaired) electrons. The molecule has 1 fully saturated rings. The smallest absolute Gasteiger partial charge is 0.0363 e. The maximum absolute atomic E-state index is 6.24. The van der Waals surface area contributed by atoms with Gasteiger partial charge < -0.3 is 5.73 Å². The first-order chi connectivity index (χ1) is 9.30. The Kier molecular flexibility index (Phi) is 3.64. The van der Waals surface area contributed by atoms with Crippen molar-refractivity contribution < 1.29 is 0 Å². The average molecular weight is 258 g/mol. The second-order valence-corrected chi connectivity index (χ2v) is 6.25. The van der Waals surface area contributed by atoms with Crippen LogP contribution >= 0.6 is 0 Å². The second-order valence-electron chi connectivity index (χ2n) is 6.25. The molecule has 0 saturated heterocycles. The van der Waals surface area contributed by atoms with Crippen LogP contribution in [0.3, 0.4) is 0 Å². The van der Waals surface area contributed by atoms with E-state index in [4.69, 9.17) is 5.73 Å². The maximum Gasteiger partial charge on any atom is 0.0363 e. The lowest BCUT2D eigenvalue weighted by atomic mass is 9.81. The minimum absolute atomic E-state index is 0.280. The van der Waals surface area contributed by atoms with Crippen LogP contribution in [-0.4, -0.2) is 23.5 Å². The number of benzene rings is 1. The van der Waals surface area contributed by atoms with Crippen LogP contribution in [0.15, 0.2) is 24.3 Å². The van der Waals surface area contributed by atoms with Gasteiger partial charge in [0, 0.05) is 25.2 Å². The van der Waals surface area contributed by atoms with E-state index in [9.17, 15) is 0 Å². The zero-order valence-corrected chi connectivity index (χ0v) is 12.1. The molecule has 1 saturated carbocycles. The molecular formula is C17H26N2. The van der Waals surface area contributed by atoms with Crippen molar-refractivity contribution in [1.82, 2.24) is 4.90 Å². The monoisotopic (exact) mass is 258 g/mol. The molecule has 0 spiro atoms. The fraction of sp³-hybridized carbons (Fsp3) is 0.647. The number of nitrogens with zero attached hydrogens (tertiary/aromatic N) is 1. The molecule has 3 rings (SSSR count). The van der Waals surface area contributed by atoms with Crippen LogP contribution in [0.5, 0.6) is 0 Å². The van der Waals surface area contributed by atoms with Gasteiger partial charge >= 0.3 is 0 Å². The third-order valence-corrected chi connectivity index (χ3v) is 5.53. The van der Waals surface area contributed by atoms with Gasteiger partial charge in [-0.3, -0.25) is 4.90 Å². The molecule has 104 valence electrons. The Morgan fingerprint density at radius 3 is 2.84 bits per heavy atom. The lowest BCUT2D eigenvalue weighted by Gasteiger charge is -2.47. The second kappa shape index (κ2) is 5.26. The van der Waals surface area contributed by atoms with Gasteiger partial charge in [-0.1, -0.05) is 44.0 Å². The summed E-state index contributed by atoms with van der Waals surface area (Å²) in [4.78, 5) is 2.70. The van der Waals surface area contributed by atoms with Gasteiger partial charge in [0.2, 0.25) is 0 Å². The summed E-state index contributed by atoms with van der Waals surface area (Å²) in [7, 11) is 0. The SMILES string of the molecule is CCC1CCCC1(CN)N1CCc2ccccc2C1. The van der Waals surface area contributed by atoms with Gasteiger partial charge in [0.15, 0.2) is 0 Å². The van der Waals surface area contributed by atoms with Crippen molar-refractivity contribution >= 4 is 0 Å². The molecule has 2 heteroatoms. The van der Waals surface area contributed by atoms with Gasteiger partial charge in [0.1, 0.15) is 0 Å². The summed E-state index contributed by atoms with van der Waals surface area (Å²) in [5.41, 5.74) is 9.58. The zero-order valence-electron chi connectivity index (χ0n) is 12.1. The Bertz CT molecular complexity index is 443. The fourth-order valence-corrected chi connectivity index (χ4v) is 4.40. The van der Waals surface area contributed by atoms with Gasteiger partial charge in [0.05, 0.1) is 0 Å². The lowest BCUT2D eigenvalue weighted by Crippen LogP contribution is -2.57. The van der Waals surface area contributed by atoms with Crippen LogP contribution in [0.4, 0.5) is 0 Å². The van der Waals surface area contributed by atoms with Crippen LogP contribution < -0.4 is 5.73 Å². The highest BCUT2D eigenvalue weighted by Gasteiger charge is 2.45. The van der Waals surface area contributed by atoms with Crippen LogP contribution in [0, 0.1) is 5.92 Å². The van der Waals surface area contributed by atoms with E-state index in [1.807, 2.05) is 0 Å². The van der Waals surface area contributed by atoms with Crippen molar-refractivity contribution in [3.63, 3.8) is 0 Å². The first-order valence-corrected chi connectivity index (χ1v) is 7.82. The third-order valence-electron chi connectivity index (χ3n) is 5.53. The Labute approximate surface area is 117 Å². The molecule has 2 N–H and O–H groups in total. The normalized spacial score (nSPS) is 31.4. The van der Waals surface area contributed by atoms with Crippen LogP contribution in [-0.2, 0) is 13.0 Å². The lowest BCUT2D eigenvalue weighted by molar-refractivity contribution is 0.0430. The highest BCUT2D eigenvalue weighted by atomic mass is 15.2. The van der Waals surface area contributed by atoms with Crippen LogP contribution in [0.2, 0.25) is 0 Å². The van der Waals surface area contributed by atoms with Crippen LogP contribution in [0.1, 0.15) is 43.7 Å². The number of fused-ring (bicyclic) bond motifs is 1. The largest absolute Gasteiger partial charge is 0.329 e. The van der Waals surface area contributed by atoms with Crippen molar-refractivity contribution in [1.29, 1.82) is 0 Å². The van der Waals surface area contributed by atoms with E-state index in [-0.39, 0.29) is 5.54 Å². The van der Waals surface area contributed by atoms with E-state index in [1.54, 1.807) is 0 Å². The fourth-order valence-electron chi connectivity index (χ4n) is 4.40. The molecule has 0 bridgehead atoms. The van der Waals surface area contributed by atoms with E-state index in [0.29, 0.717) is 0 Å². The minimum Gasteiger partial charge on any atom is -0.329 e. The predicted molar refractivity (Wildman–Crippen MR) is 80.0 cm³/mol. The summed E-state index contributed by atoms with van der Waals surface area (Å²) >= 11 is 0. The Hall–Kier alpha value is -0.860. The van der Waals surface area contributed by atoms with Gasteiger partial charge in [-0.2, -0.15) is 0 Å². The molecule has 1 aliphatic heterocycles. The van der Waals surface area contributed by atoms with Crippen molar-refractivity contribution in [2.75, 3.05) is 13.1 Å². The highest BCUT2D eigenvalue weighted by Crippen LogP contribution is 2.43. The average Bonchev–Trinajstić information content (AvgIpc) is 2.91. The summed E-state index contributed by atoms with van der Waals surface area (Å²) in [5, 5.41) is 0. The van der Waals surface area contributed by atoms with Crippen molar-refractivity contribution in [3.8, 4) is 0 Å². The molecule has 1 heterocycles. The molecule has 0 amide bonds. The minimum atomic E-state index is 0.280. The van der Waals surface area contributed by atoms with Gasteiger partial charge in [-0.15, -0.1) is 0 Å². The van der Waals surface area contributed by atoms with E-state index in [1.165, 1.54) is 49.8 Å². The summed E-state index contributed by atoms with van der Waals surface area (Å²) in [6.45, 7) is 5.44. The number of nitrogens with two attached hydrogens (primary N) is 1. The summed E-state index contributed by atoms with van der Waals surface area (Å²) < 4.78 is 0. The molecule has 1 aliphatic carbocycles. The van der Waals surface area contributed by atoms with Crippen molar-refractivity contribution in [2.45, 2.75) is 51.1 Å². The first-order valence-electron chi connectivity index (χ1n) is 7.82. The molecule has 2 unspecified atom stereocenters.